The number of amides is 1. The van der Waals surface area contributed by atoms with E-state index in [1.165, 1.54) is 16.7 Å². The third kappa shape index (κ3) is 2.32. The van der Waals surface area contributed by atoms with Gasteiger partial charge in [-0.3, -0.25) is 4.79 Å². The fraction of sp³-hybridized carbons (Fsp3) is 0.286. The smallest absolute Gasteiger partial charge is 0.253 e. The van der Waals surface area contributed by atoms with E-state index in [4.69, 9.17) is 0 Å². The van der Waals surface area contributed by atoms with Gasteiger partial charge in [-0.25, -0.2) is 0 Å². The van der Waals surface area contributed by atoms with Crippen LogP contribution in [-0.4, -0.2) is 13.0 Å². The number of para-hydroxylation sites is 1. The number of carbonyl (C=O) groups is 1. The van der Waals surface area contributed by atoms with E-state index < -0.39 is 0 Å². The second-order valence-corrected chi connectivity index (χ2v) is 6.74. The molecule has 0 radical (unpaired) electrons. The van der Waals surface area contributed by atoms with Crippen molar-refractivity contribution in [3.8, 4) is 0 Å². The molecule has 0 spiro atoms. The van der Waals surface area contributed by atoms with E-state index in [0.29, 0.717) is 11.8 Å². The SMILES string of the molecule is CNC(=O)c1cccc2c1NC(c1cccc(C)c1)C1CC=CC21. The fourth-order valence-electron chi connectivity index (χ4n) is 4.14. The predicted octanol–water partition coefficient (Wildman–Crippen LogP) is 4.18. The predicted molar refractivity (Wildman–Crippen MR) is 97.4 cm³/mol. The van der Waals surface area contributed by atoms with Crippen LogP contribution in [0.2, 0.25) is 0 Å². The summed E-state index contributed by atoms with van der Waals surface area (Å²) < 4.78 is 0. The number of aryl methyl sites for hydroxylation is 1. The largest absolute Gasteiger partial charge is 0.377 e. The molecule has 3 nitrogen and oxygen atoms in total. The van der Waals surface area contributed by atoms with Gasteiger partial charge in [-0.15, -0.1) is 0 Å². The van der Waals surface area contributed by atoms with E-state index in [-0.39, 0.29) is 11.9 Å². The van der Waals surface area contributed by atoms with Gasteiger partial charge in [0.1, 0.15) is 0 Å². The average Bonchev–Trinajstić information content (AvgIpc) is 3.09. The van der Waals surface area contributed by atoms with E-state index >= 15 is 0 Å². The highest BCUT2D eigenvalue weighted by molar-refractivity contribution is 6.00. The highest BCUT2D eigenvalue weighted by Gasteiger charge is 2.39. The van der Waals surface area contributed by atoms with Crippen LogP contribution < -0.4 is 10.6 Å². The maximum Gasteiger partial charge on any atom is 0.253 e. The summed E-state index contributed by atoms with van der Waals surface area (Å²) in [6.07, 6.45) is 5.65. The Balaban J connectivity index is 1.84. The molecule has 24 heavy (non-hydrogen) atoms. The molecule has 4 rings (SSSR count). The van der Waals surface area contributed by atoms with Crippen LogP contribution in [0.4, 0.5) is 5.69 Å². The molecule has 2 aromatic rings. The maximum atomic E-state index is 12.3. The van der Waals surface area contributed by atoms with Crippen molar-refractivity contribution < 1.29 is 4.79 Å². The van der Waals surface area contributed by atoms with Crippen molar-refractivity contribution in [2.24, 2.45) is 5.92 Å². The first-order chi connectivity index (χ1) is 11.7. The number of allylic oxidation sites excluding steroid dienone is 2. The van der Waals surface area contributed by atoms with Gasteiger partial charge in [0.25, 0.3) is 5.91 Å². The Hall–Kier alpha value is -2.55. The van der Waals surface area contributed by atoms with Crippen LogP contribution in [0.5, 0.6) is 0 Å². The zero-order valence-electron chi connectivity index (χ0n) is 14.0. The van der Waals surface area contributed by atoms with Gasteiger partial charge in [0.2, 0.25) is 0 Å². The Morgan fingerprint density at radius 1 is 1.21 bits per heavy atom. The molecule has 1 heterocycles. The highest BCUT2D eigenvalue weighted by Crippen LogP contribution is 2.50. The topological polar surface area (TPSA) is 41.1 Å². The lowest BCUT2D eigenvalue weighted by Gasteiger charge is -2.38. The van der Waals surface area contributed by atoms with Crippen LogP contribution >= 0.6 is 0 Å². The first-order valence-corrected chi connectivity index (χ1v) is 8.54. The molecule has 0 saturated heterocycles. The third-order valence-electron chi connectivity index (χ3n) is 5.27. The van der Waals surface area contributed by atoms with Crippen LogP contribution in [-0.2, 0) is 0 Å². The molecule has 3 heteroatoms. The fourth-order valence-corrected chi connectivity index (χ4v) is 4.14. The molecule has 1 aliphatic carbocycles. The first kappa shape index (κ1) is 15.0. The summed E-state index contributed by atoms with van der Waals surface area (Å²) in [7, 11) is 1.68. The number of benzene rings is 2. The molecule has 0 fully saturated rings. The van der Waals surface area contributed by atoms with Crippen molar-refractivity contribution in [1.82, 2.24) is 5.32 Å². The van der Waals surface area contributed by atoms with Crippen LogP contribution in [0, 0.1) is 12.8 Å². The number of hydrogen-bond acceptors (Lipinski definition) is 2. The number of hydrogen-bond donors (Lipinski definition) is 2. The lowest BCUT2D eigenvalue weighted by molar-refractivity contribution is 0.0963. The second kappa shape index (κ2) is 5.82. The highest BCUT2D eigenvalue weighted by atomic mass is 16.1. The molecule has 2 N–H and O–H groups in total. The van der Waals surface area contributed by atoms with Crippen molar-refractivity contribution in [2.45, 2.75) is 25.3 Å². The number of anilines is 1. The van der Waals surface area contributed by atoms with Gasteiger partial charge in [-0.2, -0.15) is 0 Å². The van der Waals surface area contributed by atoms with Crippen LogP contribution in [0.25, 0.3) is 0 Å². The third-order valence-corrected chi connectivity index (χ3v) is 5.27. The van der Waals surface area contributed by atoms with Crippen LogP contribution in [0.3, 0.4) is 0 Å². The summed E-state index contributed by atoms with van der Waals surface area (Å²) in [4.78, 5) is 12.3. The first-order valence-electron chi connectivity index (χ1n) is 8.54. The molecule has 0 saturated carbocycles. The van der Waals surface area contributed by atoms with Gasteiger partial charge in [-0.1, -0.05) is 54.1 Å². The Morgan fingerprint density at radius 3 is 2.83 bits per heavy atom. The molecule has 122 valence electrons. The normalized spacial score (nSPS) is 24.0. The molecular formula is C21H22N2O. The molecule has 1 amide bonds. The lowest BCUT2D eigenvalue weighted by Crippen LogP contribution is -2.31. The Labute approximate surface area is 142 Å². The van der Waals surface area contributed by atoms with Crippen molar-refractivity contribution >= 4 is 11.6 Å². The summed E-state index contributed by atoms with van der Waals surface area (Å²) >= 11 is 0. The van der Waals surface area contributed by atoms with Gasteiger partial charge >= 0.3 is 0 Å². The zero-order chi connectivity index (χ0) is 16.7. The monoisotopic (exact) mass is 318 g/mol. The molecule has 1 aliphatic heterocycles. The lowest BCUT2D eigenvalue weighted by atomic mass is 9.76. The van der Waals surface area contributed by atoms with Gasteiger partial charge < -0.3 is 10.6 Å². The number of nitrogens with one attached hydrogen (secondary N) is 2. The van der Waals surface area contributed by atoms with Crippen LogP contribution in [0.1, 0.15) is 45.4 Å². The molecule has 3 unspecified atom stereocenters. The van der Waals surface area contributed by atoms with E-state index in [0.717, 1.165) is 17.7 Å². The van der Waals surface area contributed by atoms with Gasteiger partial charge in [0, 0.05) is 13.0 Å². The van der Waals surface area contributed by atoms with Gasteiger partial charge in [-0.05, 0) is 36.5 Å². The number of rotatable bonds is 2. The summed E-state index contributed by atoms with van der Waals surface area (Å²) in [5.74, 6) is 0.832. The van der Waals surface area contributed by atoms with E-state index in [1.807, 2.05) is 12.1 Å². The molecule has 2 aromatic carbocycles. The summed E-state index contributed by atoms with van der Waals surface area (Å²) in [6, 6.07) is 14.9. The quantitative estimate of drug-likeness (QED) is 0.816. The number of carbonyl (C=O) groups excluding carboxylic acids is 1. The van der Waals surface area contributed by atoms with Gasteiger partial charge in [0.15, 0.2) is 0 Å². The molecule has 0 bridgehead atoms. The summed E-state index contributed by atoms with van der Waals surface area (Å²) in [5.41, 5.74) is 5.51. The molecule has 3 atom stereocenters. The minimum atomic E-state index is -0.0391. The molecular weight excluding hydrogens is 296 g/mol. The Bertz CT molecular complexity index is 824. The van der Waals surface area contributed by atoms with Gasteiger partial charge in [0.05, 0.1) is 17.3 Å². The molecule has 2 aliphatic rings. The standard InChI is InChI=1S/C21H22N2O/c1-13-6-3-7-14(12-13)19-16-9-4-8-15(16)17-10-5-11-18(20(17)23-19)21(24)22-2/h3-8,10-12,15-16,19,23H,9H2,1-2H3,(H,22,24). The van der Waals surface area contributed by atoms with Crippen molar-refractivity contribution in [2.75, 3.05) is 12.4 Å². The number of fused-ring (bicyclic) bond motifs is 3. The minimum absolute atomic E-state index is 0.0391. The average molecular weight is 318 g/mol. The van der Waals surface area contributed by atoms with E-state index in [9.17, 15) is 4.79 Å². The van der Waals surface area contributed by atoms with Crippen LogP contribution in [0.15, 0.2) is 54.6 Å². The second-order valence-electron chi connectivity index (χ2n) is 6.74. The van der Waals surface area contributed by atoms with E-state index in [1.54, 1.807) is 7.05 Å². The van der Waals surface area contributed by atoms with Crippen molar-refractivity contribution in [3.63, 3.8) is 0 Å². The maximum absolute atomic E-state index is 12.3. The Kier molecular flexibility index (Phi) is 3.64. The summed E-state index contributed by atoms with van der Waals surface area (Å²) in [6.45, 7) is 2.13. The summed E-state index contributed by atoms with van der Waals surface area (Å²) in [5, 5.41) is 6.45. The minimum Gasteiger partial charge on any atom is -0.377 e. The van der Waals surface area contributed by atoms with E-state index in [2.05, 4.69) is 60.0 Å². The zero-order valence-corrected chi connectivity index (χ0v) is 14.0. The Morgan fingerprint density at radius 2 is 2.04 bits per heavy atom. The van der Waals surface area contributed by atoms with Crippen molar-refractivity contribution in [1.29, 1.82) is 0 Å². The molecule has 0 aromatic heterocycles. The van der Waals surface area contributed by atoms with Crippen molar-refractivity contribution in [3.05, 3.63) is 76.9 Å².